The van der Waals surface area contributed by atoms with Gasteiger partial charge in [0.2, 0.25) is 0 Å². The highest BCUT2D eigenvalue weighted by Gasteiger charge is 2.13. The zero-order valence-electron chi connectivity index (χ0n) is 11.6. The normalized spacial score (nSPS) is 13.3. The maximum Gasteiger partial charge on any atom is 0.307 e. The molecule has 2 nitrogen and oxygen atoms in total. The van der Waals surface area contributed by atoms with Crippen LogP contribution in [0.15, 0.2) is 24.3 Å². The van der Waals surface area contributed by atoms with E-state index in [0.717, 1.165) is 5.75 Å². The van der Waals surface area contributed by atoms with Crippen LogP contribution in [0.2, 0.25) is 0 Å². The van der Waals surface area contributed by atoms with Crippen LogP contribution in [0, 0.1) is 5.92 Å². The standard InChI is InChI=1S/C15H22O2S/c1-11(14(16)17)9-18-10-12-5-7-13(8-6-12)15(2,3)4/h5-8,11H,9-10H2,1-4H3,(H,16,17). The maximum absolute atomic E-state index is 10.7. The van der Waals surface area contributed by atoms with Crippen molar-refractivity contribution in [2.75, 3.05) is 5.75 Å². The predicted octanol–water partition coefficient (Wildman–Crippen LogP) is 3.94. The lowest BCUT2D eigenvalue weighted by Gasteiger charge is -2.19. The Morgan fingerprint density at radius 1 is 1.28 bits per heavy atom. The monoisotopic (exact) mass is 266 g/mol. The topological polar surface area (TPSA) is 37.3 Å². The van der Waals surface area contributed by atoms with Crippen LogP contribution in [0.4, 0.5) is 0 Å². The summed E-state index contributed by atoms with van der Waals surface area (Å²) in [6.07, 6.45) is 0. The molecule has 1 unspecified atom stereocenters. The van der Waals surface area contributed by atoms with Crippen molar-refractivity contribution in [1.82, 2.24) is 0 Å². The average molecular weight is 266 g/mol. The van der Waals surface area contributed by atoms with Gasteiger partial charge in [-0.25, -0.2) is 0 Å². The minimum atomic E-state index is -0.717. The van der Waals surface area contributed by atoms with E-state index < -0.39 is 5.97 Å². The molecular weight excluding hydrogens is 244 g/mol. The van der Waals surface area contributed by atoms with E-state index in [2.05, 4.69) is 45.0 Å². The molecule has 1 aromatic carbocycles. The maximum atomic E-state index is 10.7. The molecule has 0 aliphatic heterocycles. The van der Waals surface area contributed by atoms with Crippen LogP contribution in [0.3, 0.4) is 0 Å². The lowest BCUT2D eigenvalue weighted by atomic mass is 9.87. The Bertz CT molecular complexity index is 390. The van der Waals surface area contributed by atoms with Gasteiger partial charge in [-0.3, -0.25) is 4.79 Å². The molecule has 0 spiro atoms. The summed E-state index contributed by atoms with van der Waals surface area (Å²) >= 11 is 1.68. The Morgan fingerprint density at radius 3 is 2.28 bits per heavy atom. The quantitative estimate of drug-likeness (QED) is 0.877. The summed E-state index contributed by atoms with van der Waals surface area (Å²) in [4.78, 5) is 10.7. The molecule has 0 saturated carbocycles. The summed E-state index contributed by atoms with van der Waals surface area (Å²) in [7, 11) is 0. The van der Waals surface area contributed by atoms with Crippen molar-refractivity contribution in [3.63, 3.8) is 0 Å². The van der Waals surface area contributed by atoms with Crippen molar-refractivity contribution < 1.29 is 9.90 Å². The highest BCUT2D eigenvalue weighted by molar-refractivity contribution is 7.98. The third-order valence-electron chi connectivity index (χ3n) is 2.88. The fourth-order valence-corrected chi connectivity index (χ4v) is 2.57. The van der Waals surface area contributed by atoms with Gasteiger partial charge < -0.3 is 5.11 Å². The highest BCUT2D eigenvalue weighted by atomic mass is 32.2. The summed E-state index contributed by atoms with van der Waals surface area (Å²) in [5, 5.41) is 8.79. The first-order chi connectivity index (χ1) is 8.30. The first-order valence-corrected chi connectivity index (χ1v) is 7.36. The van der Waals surface area contributed by atoms with Gasteiger partial charge in [-0.15, -0.1) is 0 Å². The summed E-state index contributed by atoms with van der Waals surface area (Å²) in [5.41, 5.74) is 2.77. The van der Waals surface area contributed by atoms with E-state index in [4.69, 9.17) is 5.11 Å². The summed E-state index contributed by atoms with van der Waals surface area (Å²) in [6.45, 7) is 8.35. The fourth-order valence-electron chi connectivity index (χ4n) is 1.53. The third-order valence-corrected chi connectivity index (χ3v) is 4.15. The molecule has 1 atom stereocenters. The molecule has 1 rings (SSSR count). The molecule has 0 aliphatic carbocycles. The Labute approximate surface area is 114 Å². The number of aliphatic carboxylic acids is 1. The van der Waals surface area contributed by atoms with E-state index in [0.29, 0.717) is 5.75 Å². The summed E-state index contributed by atoms with van der Waals surface area (Å²) < 4.78 is 0. The second-order valence-corrected chi connectivity index (χ2v) is 6.73. The van der Waals surface area contributed by atoms with E-state index >= 15 is 0 Å². The first kappa shape index (κ1) is 15.1. The molecule has 0 amide bonds. The van der Waals surface area contributed by atoms with Gasteiger partial charge in [0.1, 0.15) is 0 Å². The van der Waals surface area contributed by atoms with E-state index in [1.807, 2.05) is 0 Å². The van der Waals surface area contributed by atoms with Crippen LogP contribution in [0.1, 0.15) is 38.8 Å². The number of benzene rings is 1. The van der Waals surface area contributed by atoms with E-state index in [1.54, 1.807) is 18.7 Å². The van der Waals surface area contributed by atoms with Crippen molar-refractivity contribution >= 4 is 17.7 Å². The molecule has 0 bridgehead atoms. The molecule has 0 radical (unpaired) electrons. The highest BCUT2D eigenvalue weighted by Crippen LogP contribution is 2.23. The van der Waals surface area contributed by atoms with Gasteiger partial charge in [0.05, 0.1) is 5.92 Å². The first-order valence-electron chi connectivity index (χ1n) is 6.20. The van der Waals surface area contributed by atoms with Crippen molar-refractivity contribution in [2.24, 2.45) is 5.92 Å². The predicted molar refractivity (Wildman–Crippen MR) is 78.1 cm³/mol. The average Bonchev–Trinajstić information content (AvgIpc) is 2.28. The van der Waals surface area contributed by atoms with Crippen LogP contribution in [-0.2, 0) is 16.0 Å². The van der Waals surface area contributed by atoms with Gasteiger partial charge >= 0.3 is 5.97 Å². The zero-order valence-corrected chi connectivity index (χ0v) is 12.4. The van der Waals surface area contributed by atoms with Gasteiger partial charge in [0.15, 0.2) is 0 Å². The van der Waals surface area contributed by atoms with Crippen molar-refractivity contribution in [1.29, 1.82) is 0 Å². The smallest absolute Gasteiger partial charge is 0.307 e. The lowest BCUT2D eigenvalue weighted by Crippen LogP contribution is -2.12. The van der Waals surface area contributed by atoms with Gasteiger partial charge in [-0.2, -0.15) is 11.8 Å². The number of carboxylic acids is 1. The van der Waals surface area contributed by atoms with Crippen LogP contribution in [0.25, 0.3) is 0 Å². The van der Waals surface area contributed by atoms with Gasteiger partial charge in [0.25, 0.3) is 0 Å². The van der Waals surface area contributed by atoms with Crippen LogP contribution in [0.5, 0.6) is 0 Å². The molecule has 0 fully saturated rings. The van der Waals surface area contributed by atoms with Crippen LogP contribution in [-0.4, -0.2) is 16.8 Å². The largest absolute Gasteiger partial charge is 0.481 e. The third kappa shape index (κ3) is 4.73. The molecule has 0 heterocycles. The molecule has 1 N–H and O–H groups in total. The molecule has 0 aliphatic rings. The number of rotatable bonds is 5. The molecule has 3 heteroatoms. The van der Waals surface area contributed by atoms with E-state index in [-0.39, 0.29) is 11.3 Å². The molecule has 0 aromatic heterocycles. The summed E-state index contributed by atoms with van der Waals surface area (Å²) in [6, 6.07) is 8.60. The minimum Gasteiger partial charge on any atom is -0.481 e. The second kappa shape index (κ2) is 6.28. The Hall–Kier alpha value is -0.960. The molecule has 1 aromatic rings. The van der Waals surface area contributed by atoms with E-state index in [1.165, 1.54) is 11.1 Å². The van der Waals surface area contributed by atoms with Crippen LogP contribution < -0.4 is 0 Å². The number of carboxylic acid groups (broad SMARTS) is 1. The van der Waals surface area contributed by atoms with Gasteiger partial charge in [0, 0.05) is 11.5 Å². The van der Waals surface area contributed by atoms with Crippen molar-refractivity contribution in [3.05, 3.63) is 35.4 Å². The Balaban J connectivity index is 2.47. The van der Waals surface area contributed by atoms with Crippen molar-refractivity contribution in [2.45, 2.75) is 38.9 Å². The molecule has 0 saturated heterocycles. The number of hydrogen-bond acceptors (Lipinski definition) is 2. The number of carbonyl (C=O) groups is 1. The Morgan fingerprint density at radius 2 is 1.83 bits per heavy atom. The fraction of sp³-hybridized carbons (Fsp3) is 0.533. The van der Waals surface area contributed by atoms with Crippen LogP contribution >= 0.6 is 11.8 Å². The number of hydrogen-bond donors (Lipinski definition) is 1. The molecular formula is C15H22O2S. The minimum absolute atomic E-state index is 0.184. The lowest BCUT2D eigenvalue weighted by molar-refractivity contribution is -0.140. The SMILES string of the molecule is CC(CSCc1ccc(C(C)(C)C)cc1)C(=O)O. The van der Waals surface area contributed by atoms with Gasteiger partial charge in [-0.05, 0) is 16.5 Å². The molecule has 100 valence electrons. The van der Waals surface area contributed by atoms with Crippen molar-refractivity contribution in [3.8, 4) is 0 Å². The zero-order chi connectivity index (χ0) is 13.8. The van der Waals surface area contributed by atoms with E-state index in [9.17, 15) is 4.79 Å². The summed E-state index contributed by atoms with van der Waals surface area (Å²) in [5.74, 6) is 0.549. The van der Waals surface area contributed by atoms with Gasteiger partial charge in [-0.1, -0.05) is 52.0 Å². The molecule has 18 heavy (non-hydrogen) atoms. The second-order valence-electron chi connectivity index (χ2n) is 5.70. The Kier molecular flexibility index (Phi) is 5.27. The number of thioether (sulfide) groups is 1.